The van der Waals surface area contributed by atoms with Crippen LogP contribution in [0.1, 0.15) is 31.7 Å². The van der Waals surface area contributed by atoms with E-state index in [-0.39, 0.29) is 6.04 Å². The smallest absolute Gasteiger partial charge is 0.0402 e. The Balaban J connectivity index is 1.91. The third kappa shape index (κ3) is 2.30. The lowest BCUT2D eigenvalue weighted by Gasteiger charge is -2.31. The summed E-state index contributed by atoms with van der Waals surface area (Å²) in [7, 11) is 0. The van der Waals surface area contributed by atoms with E-state index in [0.29, 0.717) is 0 Å². The molecule has 2 bridgehead atoms. The molecule has 0 amide bonds. The Morgan fingerprint density at radius 2 is 2.28 bits per heavy atom. The van der Waals surface area contributed by atoms with Gasteiger partial charge in [0.15, 0.2) is 0 Å². The van der Waals surface area contributed by atoms with Crippen molar-refractivity contribution in [1.82, 2.24) is 0 Å². The van der Waals surface area contributed by atoms with Gasteiger partial charge in [-0.05, 0) is 62.3 Å². The Labute approximate surface area is 118 Å². The average Bonchev–Trinajstić information content (AvgIpc) is 2.90. The van der Waals surface area contributed by atoms with Gasteiger partial charge in [0.05, 0.1) is 0 Å². The standard InChI is InChI=1S/C15H21BrN2/c1-10(17)6-12-8-13(16)3-5-15(12)18-9-11-2-4-14(18)7-11/h3,5,8,10-11,14H,2,4,6-7,9,17H2,1H3. The number of fused-ring (bicyclic) bond motifs is 2. The molecule has 1 saturated heterocycles. The van der Waals surface area contributed by atoms with E-state index in [4.69, 9.17) is 5.73 Å². The van der Waals surface area contributed by atoms with Crippen molar-refractivity contribution in [2.45, 2.75) is 44.7 Å². The Hall–Kier alpha value is -0.540. The maximum absolute atomic E-state index is 5.98. The molecule has 1 heterocycles. The molecule has 1 aromatic rings. The minimum Gasteiger partial charge on any atom is -0.368 e. The summed E-state index contributed by atoms with van der Waals surface area (Å²) >= 11 is 3.58. The molecule has 1 aromatic carbocycles. The highest BCUT2D eigenvalue weighted by Crippen LogP contribution is 2.41. The zero-order valence-corrected chi connectivity index (χ0v) is 12.5. The zero-order chi connectivity index (χ0) is 12.7. The summed E-state index contributed by atoms with van der Waals surface area (Å²) in [6.45, 7) is 3.33. The predicted octanol–water partition coefficient (Wildman–Crippen LogP) is 3.33. The highest BCUT2D eigenvalue weighted by atomic mass is 79.9. The van der Waals surface area contributed by atoms with Gasteiger partial charge in [0.25, 0.3) is 0 Å². The summed E-state index contributed by atoms with van der Waals surface area (Å²) in [6.07, 6.45) is 5.16. The number of nitrogens with zero attached hydrogens (tertiary/aromatic N) is 1. The average molecular weight is 309 g/mol. The van der Waals surface area contributed by atoms with Crippen LogP contribution in [0.5, 0.6) is 0 Å². The molecule has 0 radical (unpaired) electrons. The first-order valence-electron chi connectivity index (χ1n) is 6.94. The fraction of sp³-hybridized carbons (Fsp3) is 0.600. The van der Waals surface area contributed by atoms with E-state index in [1.165, 1.54) is 37.1 Å². The number of nitrogens with two attached hydrogens (primary N) is 1. The van der Waals surface area contributed by atoms with Crippen molar-refractivity contribution in [3.63, 3.8) is 0 Å². The van der Waals surface area contributed by atoms with Gasteiger partial charge in [-0.2, -0.15) is 0 Å². The molecule has 3 unspecified atom stereocenters. The number of halogens is 1. The van der Waals surface area contributed by atoms with E-state index in [0.717, 1.165) is 22.9 Å². The molecule has 2 nitrogen and oxygen atoms in total. The van der Waals surface area contributed by atoms with Crippen molar-refractivity contribution >= 4 is 21.6 Å². The van der Waals surface area contributed by atoms with Crippen LogP contribution < -0.4 is 10.6 Å². The Kier molecular flexibility index (Phi) is 3.37. The van der Waals surface area contributed by atoms with Crippen LogP contribution in [-0.4, -0.2) is 18.6 Å². The molecule has 18 heavy (non-hydrogen) atoms. The Morgan fingerprint density at radius 3 is 2.89 bits per heavy atom. The molecule has 2 aliphatic rings. The van der Waals surface area contributed by atoms with Crippen LogP contribution in [0, 0.1) is 5.92 Å². The third-order valence-electron chi connectivity index (χ3n) is 4.30. The lowest BCUT2D eigenvalue weighted by molar-refractivity contribution is 0.552. The minimum atomic E-state index is 0.220. The van der Waals surface area contributed by atoms with Crippen molar-refractivity contribution in [2.24, 2.45) is 11.7 Å². The van der Waals surface area contributed by atoms with Crippen molar-refractivity contribution in [3.8, 4) is 0 Å². The van der Waals surface area contributed by atoms with Crippen molar-refractivity contribution in [1.29, 1.82) is 0 Å². The summed E-state index contributed by atoms with van der Waals surface area (Å²) in [5, 5.41) is 0. The minimum absolute atomic E-state index is 0.220. The van der Waals surface area contributed by atoms with Gasteiger partial charge in [-0.25, -0.2) is 0 Å². The summed E-state index contributed by atoms with van der Waals surface area (Å²) < 4.78 is 1.16. The molecule has 2 fully saturated rings. The highest BCUT2D eigenvalue weighted by molar-refractivity contribution is 9.10. The SMILES string of the molecule is CC(N)Cc1cc(Br)ccc1N1CC2CCC1C2. The summed E-state index contributed by atoms with van der Waals surface area (Å²) in [5.41, 5.74) is 8.80. The summed E-state index contributed by atoms with van der Waals surface area (Å²) in [4.78, 5) is 2.62. The first-order valence-corrected chi connectivity index (χ1v) is 7.73. The molecule has 3 rings (SSSR count). The van der Waals surface area contributed by atoms with Gasteiger partial charge in [-0.1, -0.05) is 15.9 Å². The van der Waals surface area contributed by atoms with E-state index >= 15 is 0 Å². The van der Waals surface area contributed by atoms with E-state index in [9.17, 15) is 0 Å². The molecular formula is C15H21BrN2. The molecule has 98 valence electrons. The van der Waals surface area contributed by atoms with Crippen molar-refractivity contribution < 1.29 is 0 Å². The van der Waals surface area contributed by atoms with Gasteiger partial charge < -0.3 is 10.6 Å². The van der Waals surface area contributed by atoms with Gasteiger partial charge in [0, 0.05) is 28.8 Å². The largest absolute Gasteiger partial charge is 0.368 e. The number of hydrogen-bond donors (Lipinski definition) is 1. The molecule has 3 heteroatoms. The topological polar surface area (TPSA) is 29.3 Å². The van der Waals surface area contributed by atoms with E-state index in [2.05, 4.69) is 46.0 Å². The van der Waals surface area contributed by atoms with Gasteiger partial charge >= 0.3 is 0 Å². The van der Waals surface area contributed by atoms with E-state index in [1.807, 2.05) is 0 Å². The number of hydrogen-bond acceptors (Lipinski definition) is 2. The molecule has 1 aliphatic heterocycles. The van der Waals surface area contributed by atoms with Gasteiger partial charge in [-0.15, -0.1) is 0 Å². The summed E-state index contributed by atoms with van der Waals surface area (Å²) in [5.74, 6) is 0.932. The second-order valence-corrected chi connectivity index (χ2v) is 6.86. The molecule has 3 atom stereocenters. The first-order chi connectivity index (χ1) is 8.63. The van der Waals surface area contributed by atoms with Crippen LogP contribution in [0.4, 0.5) is 5.69 Å². The summed E-state index contributed by atoms with van der Waals surface area (Å²) in [6, 6.07) is 7.67. The van der Waals surface area contributed by atoms with Gasteiger partial charge in [0.2, 0.25) is 0 Å². The monoisotopic (exact) mass is 308 g/mol. The lowest BCUT2D eigenvalue weighted by Crippen LogP contribution is -2.33. The maximum atomic E-state index is 5.98. The quantitative estimate of drug-likeness (QED) is 0.928. The van der Waals surface area contributed by atoms with Crippen molar-refractivity contribution in [2.75, 3.05) is 11.4 Å². The fourth-order valence-electron chi connectivity index (χ4n) is 3.56. The molecule has 1 saturated carbocycles. The van der Waals surface area contributed by atoms with Gasteiger partial charge in [-0.3, -0.25) is 0 Å². The van der Waals surface area contributed by atoms with Crippen LogP contribution in [0.2, 0.25) is 0 Å². The van der Waals surface area contributed by atoms with Gasteiger partial charge in [0.1, 0.15) is 0 Å². The van der Waals surface area contributed by atoms with Crippen molar-refractivity contribution in [3.05, 3.63) is 28.2 Å². The Morgan fingerprint density at radius 1 is 1.44 bits per heavy atom. The van der Waals surface area contributed by atoms with Crippen LogP contribution in [0.25, 0.3) is 0 Å². The zero-order valence-electron chi connectivity index (χ0n) is 10.9. The fourth-order valence-corrected chi connectivity index (χ4v) is 3.97. The molecule has 1 aliphatic carbocycles. The highest BCUT2D eigenvalue weighted by Gasteiger charge is 2.38. The number of benzene rings is 1. The number of anilines is 1. The van der Waals surface area contributed by atoms with Crippen LogP contribution in [0.15, 0.2) is 22.7 Å². The van der Waals surface area contributed by atoms with E-state index < -0.39 is 0 Å². The maximum Gasteiger partial charge on any atom is 0.0402 e. The second kappa shape index (κ2) is 4.86. The molecular weight excluding hydrogens is 288 g/mol. The lowest BCUT2D eigenvalue weighted by atomic mass is 10.0. The predicted molar refractivity (Wildman–Crippen MR) is 80.0 cm³/mol. The van der Waals surface area contributed by atoms with Crippen LogP contribution >= 0.6 is 15.9 Å². The number of piperidine rings is 1. The number of rotatable bonds is 3. The normalized spacial score (nSPS) is 27.8. The van der Waals surface area contributed by atoms with Crippen LogP contribution in [0.3, 0.4) is 0 Å². The Bertz CT molecular complexity index is 444. The first kappa shape index (κ1) is 12.5. The third-order valence-corrected chi connectivity index (χ3v) is 4.80. The molecule has 0 spiro atoms. The molecule has 2 N–H and O–H groups in total. The molecule has 0 aromatic heterocycles. The van der Waals surface area contributed by atoms with Crippen LogP contribution in [-0.2, 0) is 6.42 Å². The van der Waals surface area contributed by atoms with E-state index in [1.54, 1.807) is 0 Å². The second-order valence-electron chi connectivity index (χ2n) is 5.94.